The Hall–Kier alpha value is -0.860. The second-order valence-corrected chi connectivity index (χ2v) is 6.00. The van der Waals surface area contributed by atoms with Crippen LogP contribution in [0.1, 0.15) is 96.8 Å². The molecule has 1 fully saturated rings. The van der Waals surface area contributed by atoms with Gasteiger partial charge in [-0.15, -0.1) is 0 Å². The van der Waals surface area contributed by atoms with Crippen LogP contribution in [0.15, 0.2) is 5.10 Å². The quantitative estimate of drug-likeness (QED) is 0.362. The summed E-state index contributed by atoms with van der Waals surface area (Å²) in [7, 11) is 0. The highest BCUT2D eigenvalue weighted by molar-refractivity contribution is 5.86. The molecule has 3 heteroatoms. The van der Waals surface area contributed by atoms with Gasteiger partial charge >= 0.3 is 0 Å². The third kappa shape index (κ3) is 9.11. The fraction of sp³-hybridized carbons (Fsp3) is 0.882. The Morgan fingerprint density at radius 2 is 1.55 bits per heavy atom. The normalized spacial score (nSPS) is 15.8. The van der Waals surface area contributed by atoms with Gasteiger partial charge in [-0.3, -0.25) is 4.79 Å². The summed E-state index contributed by atoms with van der Waals surface area (Å²) in [4.78, 5) is 11.7. The highest BCUT2D eigenvalue weighted by atomic mass is 16.2. The van der Waals surface area contributed by atoms with Gasteiger partial charge in [-0.1, -0.05) is 58.3 Å². The predicted molar refractivity (Wildman–Crippen MR) is 85.9 cm³/mol. The Kier molecular flexibility index (Phi) is 10.3. The molecular weight excluding hydrogens is 248 g/mol. The number of unbranched alkanes of at least 4 members (excludes halogenated alkanes) is 6. The van der Waals surface area contributed by atoms with Gasteiger partial charge in [0, 0.05) is 12.1 Å². The first-order valence-electron chi connectivity index (χ1n) is 8.67. The van der Waals surface area contributed by atoms with Crippen molar-refractivity contribution in [3.05, 3.63) is 0 Å². The molecule has 0 spiro atoms. The summed E-state index contributed by atoms with van der Waals surface area (Å²) in [5.74, 6) is 0.0929. The molecule has 20 heavy (non-hydrogen) atoms. The number of carbonyl (C=O) groups is 1. The lowest BCUT2D eigenvalue weighted by atomic mass is 10.1. The van der Waals surface area contributed by atoms with Crippen molar-refractivity contribution < 1.29 is 4.79 Å². The van der Waals surface area contributed by atoms with Crippen molar-refractivity contribution in [2.75, 3.05) is 0 Å². The molecule has 1 amide bonds. The van der Waals surface area contributed by atoms with Crippen LogP contribution >= 0.6 is 0 Å². The smallest absolute Gasteiger partial charge is 0.240 e. The molecule has 1 aliphatic carbocycles. The molecule has 116 valence electrons. The number of nitrogens with one attached hydrogen (secondary N) is 1. The zero-order valence-electron chi connectivity index (χ0n) is 13.3. The molecular formula is C17H32N2O. The van der Waals surface area contributed by atoms with E-state index in [1.54, 1.807) is 0 Å². The van der Waals surface area contributed by atoms with Crippen LogP contribution < -0.4 is 5.43 Å². The van der Waals surface area contributed by atoms with Gasteiger partial charge in [-0.2, -0.15) is 5.10 Å². The van der Waals surface area contributed by atoms with Gasteiger partial charge in [0.15, 0.2) is 0 Å². The Labute approximate surface area is 124 Å². The van der Waals surface area contributed by atoms with E-state index in [2.05, 4.69) is 17.5 Å². The lowest BCUT2D eigenvalue weighted by Crippen LogP contribution is -2.19. The number of hydrazone groups is 1. The molecule has 0 heterocycles. The Balaban J connectivity index is 2.00. The summed E-state index contributed by atoms with van der Waals surface area (Å²) >= 11 is 0. The van der Waals surface area contributed by atoms with Gasteiger partial charge in [0.1, 0.15) is 0 Å². The molecule has 0 bridgehead atoms. The molecule has 1 aliphatic rings. The highest BCUT2D eigenvalue weighted by Gasteiger charge is 2.06. The largest absolute Gasteiger partial charge is 0.273 e. The summed E-state index contributed by atoms with van der Waals surface area (Å²) in [6.07, 6.45) is 16.6. The summed E-state index contributed by atoms with van der Waals surface area (Å²) in [6, 6.07) is 0. The van der Waals surface area contributed by atoms with Crippen LogP contribution in [0, 0.1) is 0 Å². The first-order valence-corrected chi connectivity index (χ1v) is 8.67. The molecule has 1 N–H and O–H groups in total. The van der Waals surface area contributed by atoms with Gasteiger partial charge in [0.25, 0.3) is 0 Å². The third-order valence-electron chi connectivity index (χ3n) is 4.03. The maximum absolute atomic E-state index is 11.7. The Bertz CT molecular complexity index is 277. The summed E-state index contributed by atoms with van der Waals surface area (Å²) < 4.78 is 0. The summed E-state index contributed by atoms with van der Waals surface area (Å²) in [6.45, 7) is 2.24. The van der Waals surface area contributed by atoms with E-state index in [-0.39, 0.29) is 5.91 Å². The van der Waals surface area contributed by atoms with Crippen molar-refractivity contribution in [3.63, 3.8) is 0 Å². The van der Waals surface area contributed by atoms with Crippen molar-refractivity contribution in [2.24, 2.45) is 5.10 Å². The number of carbonyl (C=O) groups excluding carboxylic acids is 1. The molecule has 0 unspecified atom stereocenters. The number of rotatable bonds is 9. The van der Waals surface area contributed by atoms with E-state index < -0.39 is 0 Å². The van der Waals surface area contributed by atoms with E-state index in [1.807, 2.05) is 0 Å². The van der Waals surface area contributed by atoms with E-state index in [4.69, 9.17) is 0 Å². The predicted octanol–water partition coefficient (Wildman–Crippen LogP) is 4.95. The van der Waals surface area contributed by atoms with E-state index in [9.17, 15) is 4.79 Å². The van der Waals surface area contributed by atoms with Crippen LogP contribution in [-0.4, -0.2) is 11.6 Å². The molecule has 0 radical (unpaired) electrons. The first kappa shape index (κ1) is 17.2. The average molecular weight is 280 g/mol. The van der Waals surface area contributed by atoms with Gasteiger partial charge in [-0.05, 0) is 32.1 Å². The number of hydrogen-bond donors (Lipinski definition) is 1. The maximum Gasteiger partial charge on any atom is 0.240 e. The molecule has 0 saturated heterocycles. The van der Waals surface area contributed by atoms with Gasteiger partial charge in [0.2, 0.25) is 5.91 Å². The third-order valence-corrected chi connectivity index (χ3v) is 4.03. The lowest BCUT2D eigenvalue weighted by molar-refractivity contribution is -0.121. The SMILES string of the molecule is CCCCCCCCCC(=O)NN=C1CCCCCC1. The number of amides is 1. The van der Waals surface area contributed by atoms with Crippen molar-refractivity contribution in [2.45, 2.75) is 96.8 Å². The van der Waals surface area contributed by atoms with Crippen molar-refractivity contribution in [1.82, 2.24) is 5.43 Å². The maximum atomic E-state index is 11.7. The van der Waals surface area contributed by atoms with Gasteiger partial charge in [-0.25, -0.2) is 5.43 Å². The van der Waals surface area contributed by atoms with Crippen molar-refractivity contribution in [3.8, 4) is 0 Å². The minimum atomic E-state index is 0.0929. The second-order valence-electron chi connectivity index (χ2n) is 6.00. The molecule has 3 nitrogen and oxygen atoms in total. The van der Waals surface area contributed by atoms with Crippen molar-refractivity contribution >= 4 is 11.6 Å². The van der Waals surface area contributed by atoms with E-state index in [1.165, 1.54) is 69.9 Å². The van der Waals surface area contributed by atoms with E-state index in [0.29, 0.717) is 6.42 Å². The van der Waals surface area contributed by atoms with Crippen LogP contribution in [0.2, 0.25) is 0 Å². The fourth-order valence-electron chi connectivity index (χ4n) is 2.69. The fourth-order valence-corrected chi connectivity index (χ4v) is 2.69. The molecule has 0 aliphatic heterocycles. The lowest BCUT2D eigenvalue weighted by Gasteiger charge is -2.04. The minimum absolute atomic E-state index is 0.0929. The molecule has 0 atom stereocenters. The summed E-state index contributed by atoms with van der Waals surface area (Å²) in [5.41, 5.74) is 3.93. The van der Waals surface area contributed by atoms with E-state index in [0.717, 1.165) is 19.3 Å². The van der Waals surface area contributed by atoms with E-state index >= 15 is 0 Å². The van der Waals surface area contributed by atoms with Crippen LogP contribution in [0.5, 0.6) is 0 Å². The molecule has 0 aromatic heterocycles. The zero-order chi connectivity index (χ0) is 14.5. The topological polar surface area (TPSA) is 41.5 Å². The van der Waals surface area contributed by atoms with Crippen LogP contribution in [-0.2, 0) is 4.79 Å². The molecule has 1 saturated carbocycles. The number of nitrogens with zero attached hydrogens (tertiary/aromatic N) is 1. The van der Waals surface area contributed by atoms with Gasteiger partial charge in [0.05, 0.1) is 0 Å². The molecule has 0 aromatic rings. The molecule has 0 aromatic carbocycles. The zero-order valence-corrected chi connectivity index (χ0v) is 13.3. The van der Waals surface area contributed by atoms with Crippen LogP contribution in [0.4, 0.5) is 0 Å². The Morgan fingerprint density at radius 3 is 2.20 bits per heavy atom. The van der Waals surface area contributed by atoms with Gasteiger partial charge < -0.3 is 0 Å². The van der Waals surface area contributed by atoms with Crippen molar-refractivity contribution in [1.29, 1.82) is 0 Å². The number of hydrogen-bond acceptors (Lipinski definition) is 2. The first-order chi connectivity index (χ1) is 9.83. The highest BCUT2D eigenvalue weighted by Crippen LogP contribution is 2.14. The Morgan fingerprint density at radius 1 is 0.950 bits per heavy atom. The average Bonchev–Trinajstić information content (AvgIpc) is 2.73. The minimum Gasteiger partial charge on any atom is -0.273 e. The second kappa shape index (κ2) is 11.9. The van der Waals surface area contributed by atoms with Crippen LogP contribution in [0.25, 0.3) is 0 Å². The van der Waals surface area contributed by atoms with Crippen LogP contribution in [0.3, 0.4) is 0 Å². The summed E-state index contributed by atoms with van der Waals surface area (Å²) in [5, 5.41) is 4.30. The molecule has 1 rings (SSSR count). The monoisotopic (exact) mass is 280 g/mol. The standard InChI is InChI=1S/C17H32N2O/c1-2-3-4-5-6-7-12-15-17(20)19-18-16-13-10-8-9-11-14-16/h2-15H2,1H3,(H,19,20).